The third-order valence-electron chi connectivity index (χ3n) is 2.69. The number of nitrogens with one attached hydrogen (secondary N) is 2. The predicted octanol–water partition coefficient (Wildman–Crippen LogP) is 3.17. The highest BCUT2D eigenvalue weighted by Crippen LogP contribution is 2.19. The molecule has 0 fully saturated rings. The molecule has 4 nitrogen and oxygen atoms in total. The summed E-state index contributed by atoms with van der Waals surface area (Å²) in [5, 5.41) is 0.581. The van der Waals surface area contributed by atoms with Crippen molar-refractivity contribution in [2.45, 2.75) is 4.90 Å². The van der Waals surface area contributed by atoms with Crippen molar-refractivity contribution in [2.75, 3.05) is 5.75 Å². The van der Waals surface area contributed by atoms with Crippen molar-refractivity contribution in [2.24, 2.45) is 0 Å². The van der Waals surface area contributed by atoms with Crippen LogP contribution in [0.3, 0.4) is 0 Å². The lowest BCUT2D eigenvalue weighted by molar-refractivity contribution is -0.119. The summed E-state index contributed by atoms with van der Waals surface area (Å²) in [7, 11) is 0. The Labute approximate surface area is 140 Å². The second kappa shape index (κ2) is 7.94. The van der Waals surface area contributed by atoms with Crippen molar-refractivity contribution in [3.63, 3.8) is 0 Å². The first kappa shape index (κ1) is 17.2. The second-order valence-electron chi connectivity index (χ2n) is 4.34. The molecule has 120 valence electrons. The zero-order valence-corrected chi connectivity index (χ0v) is 13.2. The summed E-state index contributed by atoms with van der Waals surface area (Å²) in [5.74, 6) is -3.58. The molecular weight excluding hydrogens is 346 g/mol. The van der Waals surface area contributed by atoms with E-state index in [-0.39, 0.29) is 5.75 Å². The molecule has 2 N–H and O–H groups in total. The Morgan fingerprint density at radius 2 is 1.61 bits per heavy atom. The van der Waals surface area contributed by atoms with Crippen LogP contribution in [0.2, 0.25) is 5.02 Å². The van der Waals surface area contributed by atoms with E-state index in [2.05, 4.69) is 5.43 Å². The summed E-state index contributed by atoms with van der Waals surface area (Å²) >= 11 is 6.97. The maximum absolute atomic E-state index is 13.4. The molecule has 0 atom stereocenters. The minimum atomic E-state index is -1.06. The minimum Gasteiger partial charge on any atom is -0.272 e. The summed E-state index contributed by atoms with van der Waals surface area (Å²) in [5.41, 5.74) is 3.32. The standard InChI is InChI=1S/C15H11ClF2N2O2S/c16-9-4-6-10(7-5-9)23-8-13(21)19-20-15(22)14-11(17)2-1-3-12(14)18/h1-7H,8H2,(H,19,21)(H,20,22). The van der Waals surface area contributed by atoms with Gasteiger partial charge < -0.3 is 0 Å². The molecule has 0 bridgehead atoms. The highest BCUT2D eigenvalue weighted by atomic mass is 35.5. The fourth-order valence-electron chi connectivity index (χ4n) is 1.62. The molecule has 8 heteroatoms. The van der Waals surface area contributed by atoms with Crippen LogP contribution in [0.5, 0.6) is 0 Å². The van der Waals surface area contributed by atoms with Crippen LogP contribution in [0.25, 0.3) is 0 Å². The van der Waals surface area contributed by atoms with Gasteiger partial charge >= 0.3 is 0 Å². The highest BCUT2D eigenvalue weighted by Gasteiger charge is 2.17. The van der Waals surface area contributed by atoms with Crippen molar-refractivity contribution < 1.29 is 18.4 Å². The molecule has 2 aromatic rings. The summed E-state index contributed by atoms with van der Waals surface area (Å²) in [6, 6.07) is 9.91. The average molecular weight is 357 g/mol. The number of hydrogen-bond donors (Lipinski definition) is 2. The monoisotopic (exact) mass is 356 g/mol. The van der Waals surface area contributed by atoms with E-state index in [1.54, 1.807) is 24.3 Å². The number of thioether (sulfide) groups is 1. The van der Waals surface area contributed by atoms with Gasteiger partial charge in [0, 0.05) is 9.92 Å². The molecule has 0 spiro atoms. The molecule has 0 aliphatic carbocycles. The second-order valence-corrected chi connectivity index (χ2v) is 5.83. The molecule has 0 unspecified atom stereocenters. The molecule has 0 radical (unpaired) electrons. The van der Waals surface area contributed by atoms with E-state index >= 15 is 0 Å². The molecule has 0 aliphatic heterocycles. The van der Waals surface area contributed by atoms with Gasteiger partial charge in [-0.25, -0.2) is 8.78 Å². The van der Waals surface area contributed by atoms with Gasteiger partial charge in [-0.2, -0.15) is 0 Å². The fourth-order valence-corrected chi connectivity index (χ4v) is 2.44. The Morgan fingerprint density at radius 1 is 1.00 bits per heavy atom. The molecule has 0 saturated heterocycles. The molecule has 2 amide bonds. The van der Waals surface area contributed by atoms with Crippen LogP contribution < -0.4 is 10.9 Å². The molecular formula is C15H11ClF2N2O2S. The lowest BCUT2D eigenvalue weighted by atomic mass is 10.2. The van der Waals surface area contributed by atoms with E-state index in [1.807, 2.05) is 5.43 Å². The summed E-state index contributed by atoms with van der Waals surface area (Å²) < 4.78 is 26.8. The Hall–Kier alpha value is -2.12. The molecule has 2 rings (SSSR count). The summed E-state index contributed by atoms with van der Waals surface area (Å²) in [4.78, 5) is 24.1. The van der Waals surface area contributed by atoms with Gasteiger partial charge in [0.2, 0.25) is 5.91 Å². The first-order valence-corrected chi connectivity index (χ1v) is 7.75. The molecule has 0 saturated carbocycles. The SMILES string of the molecule is O=C(CSc1ccc(Cl)cc1)NNC(=O)c1c(F)cccc1F. The van der Waals surface area contributed by atoms with Crippen LogP contribution in [0.1, 0.15) is 10.4 Å². The number of carbonyl (C=O) groups is 2. The first-order valence-electron chi connectivity index (χ1n) is 6.39. The lowest BCUT2D eigenvalue weighted by Gasteiger charge is -2.08. The molecule has 2 aromatic carbocycles. The van der Waals surface area contributed by atoms with E-state index in [9.17, 15) is 18.4 Å². The average Bonchev–Trinajstić information content (AvgIpc) is 2.52. The van der Waals surface area contributed by atoms with Gasteiger partial charge in [0.1, 0.15) is 17.2 Å². The lowest BCUT2D eigenvalue weighted by Crippen LogP contribution is -2.43. The van der Waals surface area contributed by atoms with Gasteiger partial charge in [-0.1, -0.05) is 17.7 Å². The maximum atomic E-state index is 13.4. The van der Waals surface area contributed by atoms with Crippen molar-refractivity contribution in [3.05, 3.63) is 64.7 Å². The number of rotatable bonds is 4. The maximum Gasteiger partial charge on any atom is 0.275 e. The van der Waals surface area contributed by atoms with E-state index in [0.717, 1.165) is 23.1 Å². The van der Waals surface area contributed by atoms with Gasteiger partial charge in [0.05, 0.1) is 5.75 Å². The topological polar surface area (TPSA) is 58.2 Å². The van der Waals surface area contributed by atoms with Gasteiger partial charge in [0.15, 0.2) is 0 Å². The van der Waals surface area contributed by atoms with Crippen LogP contribution in [-0.2, 0) is 4.79 Å². The van der Waals surface area contributed by atoms with Crippen molar-refractivity contribution in [1.29, 1.82) is 0 Å². The van der Waals surface area contributed by atoms with Crippen LogP contribution in [0.4, 0.5) is 8.78 Å². The number of carbonyl (C=O) groups excluding carboxylic acids is 2. The van der Waals surface area contributed by atoms with Gasteiger partial charge in [-0.15, -0.1) is 11.8 Å². The van der Waals surface area contributed by atoms with Crippen LogP contribution in [-0.4, -0.2) is 17.6 Å². The fraction of sp³-hybridized carbons (Fsp3) is 0.0667. The third kappa shape index (κ3) is 4.94. The molecule has 0 aliphatic rings. The first-order chi connectivity index (χ1) is 11.0. The van der Waals surface area contributed by atoms with E-state index < -0.39 is 29.0 Å². The van der Waals surface area contributed by atoms with E-state index in [4.69, 9.17) is 11.6 Å². The van der Waals surface area contributed by atoms with Crippen molar-refractivity contribution in [1.82, 2.24) is 10.9 Å². The highest BCUT2D eigenvalue weighted by molar-refractivity contribution is 8.00. The minimum absolute atomic E-state index is 0.0155. The number of hydrazine groups is 1. The van der Waals surface area contributed by atoms with Crippen LogP contribution in [0.15, 0.2) is 47.4 Å². The van der Waals surface area contributed by atoms with Gasteiger partial charge in [-0.05, 0) is 36.4 Å². The predicted molar refractivity (Wildman–Crippen MR) is 84.1 cm³/mol. The summed E-state index contributed by atoms with van der Waals surface area (Å²) in [6.07, 6.45) is 0. The van der Waals surface area contributed by atoms with E-state index in [0.29, 0.717) is 5.02 Å². The van der Waals surface area contributed by atoms with Crippen LogP contribution >= 0.6 is 23.4 Å². The van der Waals surface area contributed by atoms with Crippen molar-refractivity contribution >= 4 is 35.2 Å². The Morgan fingerprint density at radius 3 is 2.22 bits per heavy atom. The zero-order valence-electron chi connectivity index (χ0n) is 11.6. The number of halogens is 3. The number of amides is 2. The zero-order chi connectivity index (χ0) is 16.8. The molecule has 0 aromatic heterocycles. The quantitative estimate of drug-likeness (QED) is 0.653. The molecule has 23 heavy (non-hydrogen) atoms. The molecule has 0 heterocycles. The Balaban J connectivity index is 1.84. The number of benzene rings is 2. The van der Waals surface area contributed by atoms with Gasteiger partial charge in [-0.3, -0.25) is 20.4 Å². The normalized spacial score (nSPS) is 10.2. The third-order valence-corrected chi connectivity index (χ3v) is 3.95. The van der Waals surface area contributed by atoms with Crippen LogP contribution in [0, 0.1) is 11.6 Å². The largest absolute Gasteiger partial charge is 0.275 e. The Kier molecular flexibility index (Phi) is 5.95. The van der Waals surface area contributed by atoms with Gasteiger partial charge in [0.25, 0.3) is 5.91 Å². The smallest absolute Gasteiger partial charge is 0.272 e. The van der Waals surface area contributed by atoms with Crippen molar-refractivity contribution in [3.8, 4) is 0 Å². The number of hydrogen-bond acceptors (Lipinski definition) is 3. The Bertz CT molecular complexity index is 706. The van der Waals surface area contributed by atoms with E-state index in [1.165, 1.54) is 11.8 Å². The summed E-state index contributed by atoms with van der Waals surface area (Å²) in [6.45, 7) is 0.